The van der Waals surface area contributed by atoms with E-state index in [4.69, 9.17) is 5.73 Å². The average molecular weight is 307 g/mol. The van der Waals surface area contributed by atoms with Gasteiger partial charge < -0.3 is 16.4 Å². The van der Waals surface area contributed by atoms with Crippen molar-refractivity contribution in [3.63, 3.8) is 0 Å². The number of nitrogens with two attached hydrogens (primary N) is 1. The summed E-state index contributed by atoms with van der Waals surface area (Å²) in [5.41, 5.74) is 4.65. The third kappa shape index (κ3) is 3.37. The van der Waals surface area contributed by atoms with Crippen LogP contribution in [0.4, 0.5) is 0 Å². The summed E-state index contributed by atoms with van der Waals surface area (Å²) in [5, 5.41) is 5.60. The molecule has 0 bridgehead atoms. The molecule has 22 heavy (non-hydrogen) atoms. The molecule has 2 unspecified atom stereocenters. The van der Waals surface area contributed by atoms with E-state index in [-0.39, 0.29) is 11.8 Å². The summed E-state index contributed by atoms with van der Waals surface area (Å²) < 4.78 is 0. The van der Waals surface area contributed by atoms with Crippen LogP contribution in [0.25, 0.3) is 0 Å². The molecule has 4 N–H and O–H groups in total. The van der Waals surface area contributed by atoms with Crippen molar-refractivity contribution < 1.29 is 14.4 Å². The highest BCUT2D eigenvalue weighted by atomic mass is 16.2. The second kappa shape index (κ2) is 6.34. The zero-order valence-corrected chi connectivity index (χ0v) is 13.8. The van der Waals surface area contributed by atoms with Crippen molar-refractivity contribution in [1.82, 2.24) is 10.6 Å². The maximum atomic E-state index is 11.9. The van der Waals surface area contributed by atoms with Crippen LogP contribution in [0.15, 0.2) is 23.9 Å². The van der Waals surface area contributed by atoms with Gasteiger partial charge in [-0.1, -0.05) is 26.8 Å². The molecule has 0 aromatic rings. The van der Waals surface area contributed by atoms with Crippen LogP contribution >= 0.6 is 0 Å². The number of hydrogen-bond donors (Lipinski definition) is 3. The Labute approximate surface area is 131 Å². The number of nitrogens with one attached hydrogen (secondary N) is 2. The fourth-order valence-electron chi connectivity index (χ4n) is 2.82. The van der Waals surface area contributed by atoms with Crippen LogP contribution in [-0.2, 0) is 14.4 Å². The molecule has 6 nitrogen and oxygen atoms in total. The highest BCUT2D eigenvalue weighted by Gasteiger charge is 2.51. The number of primary amides is 1. The zero-order chi connectivity index (χ0) is 17.1. The van der Waals surface area contributed by atoms with Crippen molar-refractivity contribution >= 4 is 17.7 Å². The van der Waals surface area contributed by atoms with Crippen molar-refractivity contribution in [1.29, 1.82) is 0 Å². The number of amides is 3. The lowest BCUT2D eigenvalue weighted by Crippen LogP contribution is -2.64. The lowest BCUT2D eigenvalue weighted by atomic mass is 9.61. The molecule has 1 aliphatic carbocycles. The quantitative estimate of drug-likeness (QED) is 0.706. The topological polar surface area (TPSA) is 101 Å². The fourth-order valence-corrected chi connectivity index (χ4v) is 2.82. The molecule has 0 fully saturated rings. The van der Waals surface area contributed by atoms with Gasteiger partial charge in [-0.15, -0.1) is 0 Å². The van der Waals surface area contributed by atoms with Gasteiger partial charge in [0.05, 0.1) is 11.5 Å². The van der Waals surface area contributed by atoms with Gasteiger partial charge in [0.15, 0.2) is 0 Å². The minimum atomic E-state index is -0.994. The normalized spacial score (nSPS) is 24.4. The van der Waals surface area contributed by atoms with Gasteiger partial charge in [0.1, 0.15) is 0 Å². The Morgan fingerprint density at radius 3 is 2.27 bits per heavy atom. The SMILES string of the molecule is CCC(C)(C)C1(NC(C)=O)C=C(NC(C)=O)C=CC1C(N)=O. The molecule has 0 aromatic carbocycles. The van der Waals surface area contributed by atoms with E-state index in [2.05, 4.69) is 10.6 Å². The van der Waals surface area contributed by atoms with E-state index in [1.165, 1.54) is 13.8 Å². The Morgan fingerprint density at radius 2 is 1.86 bits per heavy atom. The second-order valence-electron chi connectivity index (χ2n) is 6.31. The molecule has 0 heterocycles. The molecule has 0 radical (unpaired) electrons. The lowest BCUT2D eigenvalue weighted by Gasteiger charge is -2.49. The van der Waals surface area contributed by atoms with Crippen LogP contribution in [0.3, 0.4) is 0 Å². The standard InChI is InChI=1S/C16H25N3O3/c1-6-15(4,5)16(19-11(3)21)9-12(18-10(2)20)7-8-13(16)14(17)22/h7-9,13H,6H2,1-5H3,(H2,17,22)(H,18,20)(H,19,21). The molecule has 1 rings (SSSR count). The van der Waals surface area contributed by atoms with Gasteiger partial charge in [0, 0.05) is 19.5 Å². The summed E-state index contributed by atoms with van der Waals surface area (Å²) in [6, 6.07) is 0. The Balaban J connectivity index is 3.50. The van der Waals surface area contributed by atoms with Gasteiger partial charge in [-0.3, -0.25) is 14.4 Å². The number of carbonyl (C=O) groups is 3. The smallest absolute Gasteiger partial charge is 0.227 e. The van der Waals surface area contributed by atoms with Gasteiger partial charge in [-0.25, -0.2) is 0 Å². The van der Waals surface area contributed by atoms with E-state index < -0.39 is 22.8 Å². The summed E-state index contributed by atoms with van der Waals surface area (Å²) in [6.45, 7) is 8.70. The maximum absolute atomic E-state index is 11.9. The molecular formula is C16H25N3O3. The monoisotopic (exact) mass is 307 g/mol. The molecule has 0 aromatic heterocycles. The zero-order valence-electron chi connectivity index (χ0n) is 13.8. The van der Waals surface area contributed by atoms with Crippen LogP contribution in [-0.4, -0.2) is 23.3 Å². The Hall–Kier alpha value is -2.11. The minimum absolute atomic E-state index is 0.223. The highest BCUT2D eigenvalue weighted by molar-refractivity contribution is 5.84. The van der Waals surface area contributed by atoms with Crippen LogP contribution < -0.4 is 16.4 Å². The summed E-state index contributed by atoms with van der Waals surface area (Å²) in [7, 11) is 0. The van der Waals surface area contributed by atoms with E-state index in [9.17, 15) is 14.4 Å². The van der Waals surface area contributed by atoms with Crippen LogP contribution in [0, 0.1) is 11.3 Å². The van der Waals surface area contributed by atoms with E-state index >= 15 is 0 Å². The predicted molar refractivity (Wildman–Crippen MR) is 84.3 cm³/mol. The van der Waals surface area contributed by atoms with Gasteiger partial charge in [0.25, 0.3) is 0 Å². The molecule has 0 aliphatic heterocycles. The molecule has 0 saturated carbocycles. The van der Waals surface area contributed by atoms with Gasteiger partial charge >= 0.3 is 0 Å². The molecule has 2 atom stereocenters. The van der Waals surface area contributed by atoms with E-state index in [0.717, 1.165) is 0 Å². The fraction of sp³-hybridized carbons (Fsp3) is 0.562. The van der Waals surface area contributed by atoms with E-state index in [0.29, 0.717) is 12.1 Å². The second-order valence-corrected chi connectivity index (χ2v) is 6.31. The third-order valence-electron chi connectivity index (χ3n) is 4.36. The maximum Gasteiger partial charge on any atom is 0.227 e. The number of rotatable bonds is 5. The van der Waals surface area contributed by atoms with Crippen LogP contribution in [0.2, 0.25) is 0 Å². The number of allylic oxidation sites excluding steroid dienone is 1. The van der Waals surface area contributed by atoms with E-state index in [1.54, 1.807) is 18.2 Å². The first-order chi connectivity index (χ1) is 10.1. The van der Waals surface area contributed by atoms with Crippen molar-refractivity contribution in [2.75, 3.05) is 0 Å². The number of hydrogen-bond acceptors (Lipinski definition) is 3. The lowest BCUT2D eigenvalue weighted by molar-refractivity contribution is -0.127. The molecule has 3 amide bonds. The number of carbonyl (C=O) groups excluding carboxylic acids is 3. The van der Waals surface area contributed by atoms with Crippen molar-refractivity contribution in [2.24, 2.45) is 17.1 Å². The molecule has 122 valence electrons. The summed E-state index contributed by atoms with van der Waals surface area (Å²) in [6.07, 6.45) is 5.72. The largest absolute Gasteiger partial charge is 0.369 e. The van der Waals surface area contributed by atoms with Crippen molar-refractivity contribution in [3.05, 3.63) is 23.9 Å². The van der Waals surface area contributed by atoms with Crippen molar-refractivity contribution in [2.45, 2.75) is 46.6 Å². The molecule has 0 saturated heterocycles. The van der Waals surface area contributed by atoms with Crippen LogP contribution in [0.1, 0.15) is 41.0 Å². The first-order valence-electron chi connectivity index (χ1n) is 7.32. The van der Waals surface area contributed by atoms with E-state index in [1.807, 2.05) is 20.8 Å². The summed E-state index contributed by atoms with van der Waals surface area (Å²) in [5.74, 6) is -1.70. The highest BCUT2D eigenvalue weighted by Crippen LogP contribution is 2.43. The third-order valence-corrected chi connectivity index (χ3v) is 4.36. The molecule has 6 heteroatoms. The van der Waals surface area contributed by atoms with Crippen LogP contribution in [0.5, 0.6) is 0 Å². The first kappa shape index (κ1) is 17.9. The van der Waals surface area contributed by atoms with Gasteiger partial charge in [-0.2, -0.15) is 0 Å². The molecule has 0 spiro atoms. The van der Waals surface area contributed by atoms with Crippen molar-refractivity contribution in [3.8, 4) is 0 Å². The Bertz CT molecular complexity index is 549. The molecular weight excluding hydrogens is 282 g/mol. The summed E-state index contributed by atoms with van der Waals surface area (Å²) >= 11 is 0. The van der Waals surface area contributed by atoms with Gasteiger partial charge in [0.2, 0.25) is 17.7 Å². The average Bonchev–Trinajstić information content (AvgIpc) is 2.36. The summed E-state index contributed by atoms with van der Waals surface area (Å²) in [4.78, 5) is 35.0. The Morgan fingerprint density at radius 1 is 1.27 bits per heavy atom. The minimum Gasteiger partial charge on any atom is -0.369 e. The Kier molecular flexibility index (Phi) is 5.17. The predicted octanol–water partition coefficient (Wildman–Crippen LogP) is 0.989. The van der Waals surface area contributed by atoms with Gasteiger partial charge in [-0.05, 0) is 24.0 Å². The molecule has 1 aliphatic rings. The first-order valence-corrected chi connectivity index (χ1v) is 7.32.